The molecule has 0 amide bonds. The maximum atomic E-state index is 6.43. The minimum Gasteiger partial charge on any atom is -0.251 e. The standard InChI is InChI=1S/C26H28ClN3/c1-15-11-17(3)25(18(4)12-15)28-20(6)23-9-8-10-24(30-23)21(7)29-26-19(5)13-16(2)14-22(26)27/h8-14H,1-7H3. The molecule has 0 aliphatic heterocycles. The Morgan fingerprint density at radius 3 is 1.63 bits per heavy atom. The maximum Gasteiger partial charge on any atom is 0.0849 e. The average Bonchev–Trinajstić information content (AvgIpc) is 2.67. The molecule has 3 nitrogen and oxygen atoms in total. The Kier molecular flexibility index (Phi) is 6.52. The van der Waals surface area contributed by atoms with E-state index in [4.69, 9.17) is 26.6 Å². The van der Waals surface area contributed by atoms with Crippen molar-refractivity contribution in [1.82, 2.24) is 4.98 Å². The Hall–Kier alpha value is -2.78. The molecule has 0 bridgehead atoms. The van der Waals surface area contributed by atoms with E-state index in [9.17, 15) is 0 Å². The fraction of sp³-hybridized carbons (Fsp3) is 0.269. The maximum absolute atomic E-state index is 6.43. The SMILES string of the molecule is CC(=Nc1c(C)cc(C)cc1C)c1cccc(C(C)=Nc2c(C)cc(C)cc2Cl)n1. The van der Waals surface area contributed by atoms with Gasteiger partial charge in [0.15, 0.2) is 0 Å². The summed E-state index contributed by atoms with van der Waals surface area (Å²) in [6, 6.07) is 14.3. The monoisotopic (exact) mass is 417 g/mol. The Morgan fingerprint density at radius 2 is 1.13 bits per heavy atom. The predicted octanol–water partition coefficient (Wildman–Crippen LogP) is 7.56. The molecule has 2 aromatic carbocycles. The van der Waals surface area contributed by atoms with Crippen LogP contribution in [-0.4, -0.2) is 16.4 Å². The van der Waals surface area contributed by atoms with E-state index in [1.807, 2.05) is 52.0 Å². The molecule has 0 spiro atoms. The lowest BCUT2D eigenvalue weighted by Gasteiger charge is -2.10. The third-order valence-electron chi connectivity index (χ3n) is 5.08. The number of aromatic nitrogens is 1. The molecule has 3 aromatic rings. The third-order valence-corrected chi connectivity index (χ3v) is 5.37. The molecule has 154 valence electrons. The van der Waals surface area contributed by atoms with Crippen LogP contribution >= 0.6 is 11.6 Å². The van der Waals surface area contributed by atoms with Gasteiger partial charge < -0.3 is 0 Å². The fourth-order valence-corrected chi connectivity index (χ4v) is 4.05. The molecule has 0 fully saturated rings. The number of hydrogen-bond donors (Lipinski definition) is 0. The Bertz CT molecular complexity index is 1040. The van der Waals surface area contributed by atoms with E-state index < -0.39 is 0 Å². The van der Waals surface area contributed by atoms with Gasteiger partial charge in [0.2, 0.25) is 0 Å². The third kappa shape index (κ3) is 4.85. The summed E-state index contributed by atoms with van der Waals surface area (Å²) < 4.78 is 0. The Balaban J connectivity index is 1.99. The highest BCUT2D eigenvalue weighted by atomic mass is 35.5. The number of aliphatic imine (C=N–C) groups is 2. The normalized spacial score (nSPS) is 12.4. The summed E-state index contributed by atoms with van der Waals surface area (Å²) in [5.74, 6) is 0. The number of nitrogens with zero attached hydrogens (tertiary/aromatic N) is 3. The van der Waals surface area contributed by atoms with Gasteiger partial charge in [0, 0.05) is 0 Å². The zero-order valence-electron chi connectivity index (χ0n) is 18.8. The van der Waals surface area contributed by atoms with Crippen molar-refractivity contribution in [3.63, 3.8) is 0 Å². The first kappa shape index (κ1) is 21.9. The second kappa shape index (κ2) is 8.93. The number of halogens is 1. The first-order valence-electron chi connectivity index (χ1n) is 10.1. The molecule has 0 atom stereocenters. The molecule has 1 heterocycles. The second-order valence-corrected chi connectivity index (χ2v) is 8.37. The first-order chi connectivity index (χ1) is 14.2. The van der Waals surface area contributed by atoms with Gasteiger partial charge in [0.1, 0.15) is 0 Å². The Morgan fingerprint density at radius 1 is 0.700 bits per heavy atom. The molecule has 0 aliphatic rings. The zero-order valence-corrected chi connectivity index (χ0v) is 19.5. The van der Waals surface area contributed by atoms with Crippen LogP contribution < -0.4 is 0 Å². The lowest BCUT2D eigenvalue weighted by atomic mass is 10.1. The number of rotatable bonds is 4. The molecule has 0 unspecified atom stereocenters. The summed E-state index contributed by atoms with van der Waals surface area (Å²) in [7, 11) is 0. The van der Waals surface area contributed by atoms with E-state index in [0.717, 1.165) is 45.3 Å². The van der Waals surface area contributed by atoms with Crippen LogP contribution in [0.3, 0.4) is 0 Å². The van der Waals surface area contributed by atoms with Gasteiger partial charge in [-0.05, 0) is 88.9 Å². The molecule has 0 radical (unpaired) electrons. The smallest absolute Gasteiger partial charge is 0.0849 e. The van der Waals surface area contributed by atoms with E-state index in [0.29, 0.717) is 5.02 Å². The lowest BCUT2D eigenvalue weighted by Crippen LogP contribution is -2.05. The van der Waals surface area contributed by atoms with E-state index in [2.05, 4.69) is 39.0 Å². The Labute approximate surface area is 184 Å². The van der Waals surface area contributed by atoms with Crippen LogP contribution in [0.4, 0.5) is 11.4 Å². The van der Waals surface area contributed by atoms with Gasteiger partial charge in [-0.25, -0.2) is 9.98 Å². The zero-order chi connectivity index (χ0) is 22.0. The van der Waals surface area contributed by atoms with Crippen LogP contribution in [0.5, 0.6) is 0 Å². The van der Waals surface area contributed by atoms with Crippen LogP contribution in [0.2, 0.25) is 5.02 Å². The number of pyridine rings is 1. The molecule has 4 heteroatoms. The second-order valence-electron chi connectivity index (χ2n) is 7.96. The molecule has 30 heavy (non-hydrogen) atoms. The molecular weight excluding hydrogens is 390 g/mol. The van der Waals surface area contributed by atoms with Crippen molar-refractivity contribution in [2.45, 2.75) is 48.5 Å². The summed E-state index contributed by atoms with van der Waals surface area (Å²) in [6.45, 7) is 14.3. The van der Waals surface area contributed by atoms with Crippen molar-refractivity contribution >= 4 is 34.4 Å². The molecule has 3 rings (SSSR count). The van der Waals surface area contributed by atoms with Crippen LogP contribution in [0.25, 0.3) is 0 Å². The van der Waals surface area contributed by atoms with Gasteiger partial charge in [0.05, 0.1) is 39.2 Å². The largest absolute Gasteiger partial charge is 0.251 e. The first-order valence-corrected chi connectivity index (χ1v) is 10.5. The fourth-order valence-electron chi connectivity index (χ4n) is 3.69. The summed E-state index contributed by atoms with van der Waals surface area (Å²) in [5.41, 5.74) is 10.9. The van der Waals surface area contributed by atoms with Crippen molar-refractivity contribution in [2.75, 3.05) is 0 Å². The number of hydrogen-bond acceptors (Lipinski definition) is 3. The minimum atomic E-state index is 0.658. The number of aryl methyl sites for hydroxylation is 5. The predicted molar refractivity (Wildman–Crippen MR) is 130 cm³/mol. The molecule has 1 aromatic heterocycles. The molecule has 0 N–H and O–H groups in total. The van der Waals surface area contributed by atoms with Gasteiger partial charge >= 0.3 is 0 Å². The summed E-state index contributed by atoms with van der Waals surface area (Å²) >= 11 is 6.43. The quantitative estimate of drug-likeness (QED) is 0.403. The molecular formula is C26H28ClN3. The van der Waals surface area contributed by atoms with Crippen molar-refractivity contribution < 1.29 is 0 Å². The van der Waals surface area contributed by atoms with Crippen molar-refractivity contribution in [2.24, 2.45) is 9.98 Å². The lowest BCUT2D eigenvalue weighted by molar-refractivity contribution is 1.22. The van der Waals surface area contributed by atoms with Crippen LogP contribution in [0.1, 0.15) is 53.1 Å². The highest BCUT2D eigenvalue weighted by Gasteiger charge is 2.09. The van der Waals surface area contributed by atoms with Gasteiger partial charge in [-0.15, -0.1) is 0 Å². The van der Waals surface area contributed by atoms with Crippen LogP contribution in [0, 0.1) is 34.6 Å². The van der Waals surface area contributed by atoms with E-state index in [1.165, 1.54) is 16.7 Å². The summed E-state index contributed by atoms with van der Waals surface area (Å²) in [5, 5.41) is 0.658. The van der Waals surface area contributed by atoms with E-state index >= 15 is 0 Å². The molecule has 0 aliphatic carbocycles. The number of benzene rings is 2. The van der Waals surface area contributed by atoms with Gasteiger partial charge in [-0.3, -0.25) is 4.99 Å². The van der Waals surface area contributed by atoms with Crippen molar-refractivity contribution in [3.8, 4) is 0 Å². The average molecular weight is 418 g/mol. The minimum absolute atomic E-state index is 0.658. The molecule has 0 saturated carbocycles. The van der Waals surface area contributed by atoms with Gasteiger partial charge in [0.25, 0.3) is 0 Å². The van der Waals surface area contributed by atoms with E-state index in [1.54, 1.807) is 0 Å². The van der Waals surface area contributed by atoms with Crippen molar-refractivity contribution in [3.05, 3.63) is 86.7 Å². The highest BCUT2D eigenvalue weighted by molar-refractivity contribution is 6.33. The topological polar surface area (TPSA) is 37.6 Å². The highest BCUT2D eigenvalue weighted by Crippen LogP contribution is 2.31. The summed E-state index contributed by atoms with van der Waals surface area (Å²) in [4.78, 5) is 14.5. The van der Waals surface area contributed by atoms with Gasteiger partial charge in [-0.1, -0.05) is 41.4 Å². The van der Waals surface area contributed by atoms with Gasteiger partial charge in [-0.2, -0.15) is 0 Å². The summed E-state index contributed by atoms with van der Waals surface area (Å²) in [6.07, 6.45) is 0. The molecule has 0 saturated heterocycles. The van der Waals surface area contributed by atoms with E-state index in [-0.39, 0.29) is 0 Å². The van der Waals surface area contributed by atoms with Crippen LogP contribution in [-0.2, 0) is 0 Å². The van der Waals surface area contributed by atoms with Crippen molar-refractivity contribution in [1.29, 1.82) is 0 Å². The van der Waals surface area contributed by atoms with Crippen LogP contribution in [0.15, 0.2) is 52.4 Å².